The quantitative estimate of drug-likeness (QED) is 0.711. The first-order valence-corrected chi connectivity index (χ1v) is 7.76. The van der Waals surface area contributed by atoms with E-state index in [0.29, 0.717) is 6.04 Å². The van der Waals surface area contributed by atoms with E-state index in [4.69, 9.17) is 4.42 Å². The van der Waals surface area contributed by atoms with Crippen molar-refractivity contribution in [2.24, 2.45) is 0 Å². The van der Waals surface area contributed by atoms with Crippen LogP contribution in [0.25, 0.3) is 10.1 Å². The predicted molar refractivity (Wildman–Crippen MR) is 85.2 cm³/mol. The maximum Gasteiger partial charge on any atom is 0.120 e. The molecular formula is C17H19NOS. The van der Waals surface area contributed by atoms with Crippen molar-refractivity contribution < 1.29 is 4.42 Å². The van der Waals surface area contributed by atoms with E-state index in [-0.39, 0.29) is 6.04 Å². The van der Waals surface area contributed by atoms with Gasteiger partial charge < -0.3 is 9.73 Å². The van der Waals surface area contributed by atoms with Gasteiger partial charge in [-0.2, -0.15) is 0 Å². The maximum absolute atomic E-state index is 5.46. The fourth-order valence-electron chi connectivity index (χ4n) is 2.68. The molecule has 0 saturated heterocycles. The summed E-state index contributed by atoms with van der Waals surface area (Å²) >= 11 is 1.88. The molecule has 2 nitrogen and oxygen atoms in total. The highest BCUT2D eigenvalue weighted by atomic mass is 32.1. The molecule has 0 aliphatic carbocycles. The lowest BCUT2D eigenvalue weighted by Gasteiger charge is -2.18. The van der Waals surface area contributed by atoms with E-state index in [1.807, 2.05) is 23.5 Å². The van der Waals surface area contributed by atoms with Crippen LogP contribution >= 0.6 is 11.3 Å². The number of fused-ring (bicyclic) bond motifs is 1. The van der Waals surface area contributed by atoms with Crippen molar-refractivity contribution in [3.05, 3.63) is 58.9 Å². The van der Waals surface area contributed by atoms with Crippen LogP contribution in [0.1, 0.15) is 42.1 Å². The third-order valence-corrected chi connectivity index (χ3v) is 5.20. The van der Waals surface area contributed by atoms with Gasteiger partial charge in [-0.25, -0.2) is 0 Å². The predicted octanol–water partition coefficient (Wildman–Crippen LogP) is 5.21. The summed E-state index contributed by atoms with van der Waals surface area (Å²) in [6.07, 6.45) is 1.73. The molecule has 0 radical (unpaired) electrons. The summed E-state index contributed by atoms with van der Waals surface area (Å²) in [4.78, 5) is 1.41. The Morgan fingerprint density at radius 3 is 2.55 bits per heavy atom. The minimum absolute atomic E-state index is 0.213. The van der Waals surface area contributed by atoms with E-state index in [9.17, 15) is 0 Å². The smallest absolute Gasteiger partial charge is 0.120 e. The van der Waals surface area contributed by atoms with Crippen LogP contribution in [0, 0.1) is 6.92 Å². The molecule has 0 spiro atoms. The number of hydrogen-bond donors (Lipinski definition) is 1. The van der Waals surface area contributed by atoms with Gasteiger partial charge in [-0.15, -0.1) is 11.3 Å². The average Bonchev–Trinajstić information content (AvgIpc) is 3.07. The molecule has 0 aliphatic rings. The number of aryl methyl sites for hydroxylation is 1. The van der Waals surface area contributed by atoms with Crippen molar-refractivity contribution in [2.45, 2.75) is 32.9 Å². The molecular weight excluding hydrogens is 266 g/mol. The van der Waals surface area contributed by atoms with Gasteiger partial charge >= 0.3 is 0 Å². The number of furan rings is 1. The van der Waals surface area contributed by atoms with E-state index in [0.717, 1.165) is 5.76 Å². The third kappa shape index (κ3) is 2.39. The van der Waals surface area contributed by atoms with Gasteiger partial charge in [0.2, 0.25) is 0 Å². The van der Waals surface area contributed by atoms with E-state index in [1.54, 1.807) is 6.26 Å². The van der Waals surface area contributed by atoms with Crippen LogP contribution in [0.3, 0.4) is 0 Å². The highest BCUT2D eigenvalue weighted by Crippen LogP contribution is 2.35. The van der Waals surface area contributed by atoms with Crippen molar-refractivity contribution in [1.29, 1.82) is 0 Å². The molecule has 1 N–H and O–H groups in total. The molecule has 2 atom stereocenters. The van der Waals surface area contributed by atoms with Crippen molar-refractivity contribution in [1.82, 2.24) is 5.32 Å². The summed E-state index contributed by atoms with van der Waals surface area (Å²) < 4.78 is 6.82. The second kappa shape index (κ2) is 5.43. The topological polar surface area (TPSA) is 25.2 Å². The zero-order valence-corrected chi connectivity index (χ0v) is 12.8. The van der Waals surface area contributed by atoms with Gasteiger partial charge in [-0.3, -0.25) is 0 Å². The lowest BCUT2D eigenvalue weighted by Crippen LogP contribution is -2.21. The largest absolute Gasteiger partial charge is 0.468 e. The summed E-state index contributed by atoms with van der Waals surface area (Å²) in [5.41, 5.74) is 1.39. The van der Waals surface area contributed by atoms with Crippen LogP contribution in [0.2, 0.25) is 0 Å². The Balaban J connectivity index is 1.85. The lowest BCUT2D eigenvalue weighted by molar-refractivity contribution is 0.404. The van der Waals surface area contributed by atoms with Crippen LogP contribution in [0.5, 0.6) is 0 Å². The van der Waals surface area contributed by atoms with Crippen LogP contribution in [-0.4, -0.2) is 0 Å². The number of rotatable bonds is 4. The van der Waals surface area contributed by atoms with Gasteiger partial charge in [0.05, 0.1) is 12.3 Å². The Hall–Kier alpha value is -1.58. The molecule has 3 aromatic rings. The molecule has 0 bridgehead atoms. The normalized spacial score (nSPS) is 14.6. The summed E-state index contributed by atoms with van der Waals surface area (Å²) in [5.74, 6) is 0.982. The minimum atomic E-state index is 0.213. The first kappa shape index (κ1) is 13.4. The Kier molecular flexibility index (Phi) is 3.64. The lowest BCUT2D eigenvalue weighted by atomic mass is 10.1. The molecule has 1 unspecified atom stereocenters. The molecule has 0 aliphatic heterocycles. The summed E-state index contributed by atoms with van der Waals surface area (Å²) in [6, 6.07) is 13.1. The van der Waals surface area contributed by atoms with Crippen molar-refractivity contribution in [2.75, 3.05) is 0 Å². The number of nitrogens with one attached hydrogen (secondary N) is 1. The Morgan fingerprint density at radius 1 is 1.05 bits per heavy atom. The van der Waals surface area contributed by atoms with Crippen molar-refractivity contribution >= 4 is 21.4 Å². The first-order valence-electron chi connectivity index (χ1n) is 6.94. The second-order valence-electron chi connectivity index (χ2n) is 5.21. The van der Waals surface area contributed by atoms with Gasteiger partial charge in [0.25, 0.3) is 0 Å². The van der Waals surface area contributed by atoms with Crippen molar-refractivity contribution in [3.8, 4) is 0 Å². The zero-order valence-electron chi connectivity index (χ0n) is 12.0. The van der Waals surface area contributed by atoms with Crippen LogP contribution in [-0.2, 0) is 0 Å². The average molecular weight is 285 g/mol. The molecule has 104 valence electrons. The molecule has 2 heterocycles. The van der Waals surface area contributed by atoms with E-state index in [2.05, 4.69) is 50.4 Å². The van der Waals surface area contributed by atoms with Crippen LogP contribution < -0.4 is 5.32 Å². The Labute approximate surface area is 123 Å². The maximum atomic E-state index is 5.46. The number of benzene rings is 1. The summed E-state index contributed by atoms with van der Waals surface area (Å²) in [7, 11) is 0. The molecule has 20 heavy (non-hydrogen) atoms. The molecule has 0 saturated carbocycles. The highest BCUT2D eigenvalue weighted by Gasteiger charge is 2.17. The number of thiophene rings is 1. The Morgan fingerprint density at radius 2 is 1.85 bits per heavy atom. The van der Waals surface area contributed by atoms with Gasteiger partial charge in [0.1, 0.15) is 5.76 Å². The molecule has 0 amide bonds. The van der Waals surface area contributed by atoms with E-state index >= 15 is 0 Å². The molecule has 0 fully saturated rings. The van der Waals surface area contributed by atoms with Gasteiger partial charge in [0, 0.05) is 15.6 Å². The highest BCUT2D eigenvalue weighted by molar-refractivity contribution is 7.19. The van der Waals surface area contributed by atoms with E-state index < -0.39 is 0 Å². The van der Waals surface area contributed by atoms with Crippen LogP contribution in [0.4, 0.5) is 0 Å². The minimum Gasteiger partial charge on any atom is -0.468 e. The van der Waals surface area contributed by atoms with E-state index in [1.165, 1.54) is 20.5 Å². The zero-order chi connectivity index (χ0) is 14.1. The first-order chi connectivity index (χ1) is 9.66. The molecule has 1 aromatic carbocycles. The van der Waals surface area contributed by atoms with Gasteiger partial charge in [-0.05, 0) is 49.9 Å². The molecule has 3 heteroatoms. The fraction of sp³-hybridized carbons (Fsp3) is 0.294. The van der Waals surface area contributed by atoms with Gasteiger partial charge in [-0.1, -0.05) is 18.2 Å². The van der Waals surface area contributed by atoms with Crippen molar-refractivity contribution in [3.63, 3.8) is 0 Å². The summed E-state index contributed by atoms with van der Waals surface area (Å²) in [5, 5.41) is 4.98. The molecule has 2 aromatic heterocycles. The standard InChI is InChI=1S/C17H19NOS/c1-11-14-7-4-5-9-16(14)20-17(11)13(3)18-12(2)15-8-6-10-19-15/h4-10,12-13,18H,1-3H3/t12-,13?/m0/s1. The Bertz CT molecular complexity index is 699. The molecule has 3 rings (SSSR count). The monoisotopic (exact) mass is 285 g/mol. The third-order valence-electron chi connectivity index (χ3n) is 3.74. The SMILES string of the molecule is Cc1c(C(C)N[C@@H](C)c2ccco2)sc2ccccc12. The number of hydrogen-bond acceptors (Lipinski definition) is 3. The van der Waals surface area contributed by atoms with Crippen LogP contribution in [0.15, 0.2) is 47.1 Å². The van der Waals surface area contributed by atoms with Gasteiger partial charge in [0.15, 0.2) is 0 Å². The fourth-order valence-corrected chi connectivity index (χ4v) is 3.90. The second-order valence-corrected chi connectivity index (χ2v) is 6.30. The summed E-state index contributed by atoms with van der Waals surface area (Å²) in [6.45, 7) is 6.57.